The van der Waals surface area contributed by atoms with Crippen LogP contribution in [-0.2, 0) is 6.42 Å². The number of aromatic nitrogens is 3. The first-order chi connectivity index (χ1) is 6.83. The summed E-state index contributed by atoms with van der Waals surface area (Å²) < 4.78 is 0. The largest absolute Gasteiger partial charge is 0.360 e. The minimum Gasteiger partial charge on any atom is -0.360 e. The van der Waals surface area contributed by atoms with Gasteiger partial charge in [0, 0.05) is 11.8 Å². The molecule has 2 heterocycles. The van der Waals surface area contributed by atoms with E-state index in [0.29, 0.717) is 18.5 Å². The van der Waals surface area contributed by atoms with Gasteiger partial charge >= 0.3 is 0 Å². The fraction of sp³-hybridized carbons (Fsp3) is 0.222. The van der Waals surface area contributed by atoms with Gasteiger partial charge in [0.05, 0.1) is 11.4 Å². The zero-order chi connectivity index (χ0) is 9.97. The van der Waals surface area contributed by atoms with Gasteiger partial charge in [-0.3, -0.25) is 15.0 Å². The zero-order valence-corrected chi connectivity index (χ0v) is 7.63. The number of hydrogen-bond donors (Lipinski definition) is 4. The highest BCUT2D eigenvalue weighted by Gasteiger charge is 2.10. The third-order valence-corrected chi connectivity index (χ3v) is 2.14. The summed E-state index contributed by atoms with van der Waals surface area (Å²) in [5.41, 5.74) is 7.73. The molecule has 0 bridgehead atoms. The van der Waals surface area contributed by atoms with Crippen LogP contribution in [0.1, 0.15) is 5.56 Å². The minimum absolute atomic E-state index is 0.0972. The van der Waals surface area contributed by atoms with Crippen molar-refractivity contribution in [2.75, 3.05) is 6.54 Å². The first-order valence-corrected chi connectivity index (χ1v) is 4.46. The number of hydrogen-bond acceptors (Lipinski definition) is 2. The Balaban J connectivity index is 2.48. The van der Waals surface area contributed by atoms with Gasteiger partial charge in [0.2, 0.25) is 0 Å². The van der Waals surface area contributed by atoms with Crippen molar-refractivity contribution in [3.8, 4) is 11.4 Å². The Bertz CT molecular complexity index is 451. The highest BCUT2D eigenvalue weighted by atomic mass is 16.1. The summed E-state index contributed by atoms with van der Waals surface area (Å²) in [7, 11) is 0. The van der Waals surface area contributed by atoms with Crippen molar-refractivity contribution < 1.29 is 0 Å². The molecular formula is C9H12N4O. The maximum atomic E-state index is 11.4. The van der Waals surface area contributed by atoms with Crippen molar-refractivity contribution in [2.24, 2.45) is 5.73 Å². The van der Waals surface area contributed by atoms with Gasteiger partial charge in [-0.05, 0) is 25.1 Å². The van der Waals surface area contributed by atoms with Crippen molar-refractivity contribution in [2.45, 2.75) is 6.42 Å². The lowest BCUT2D eigenvalue weighted by Gasteiger charge is -1.97. The van der Waals surface area contributed by atoms with Crippen LogP contribution >= 0.6 is 0 Å². The molecule has 0 radical (unpaired) electrons. The molecule has 74 valence electrons. The van der Waals surface area contributed by atoms with E-state index in [9.17, 15) is 4.79 Å². The van der Waals surface area contributed by atoms with E-state index >= 15 is 0 Å². The van der Waals surface area contributed by atoms with Crippen molar-refractivity contribution in [1.82, 2.24) is 15.2 Å². The van der Waals surface area contributed by atoms with Crippen LogP contribution in [-0.4, -0.2) is 21.7 Å². The maximum Gasteiger partial charge on any atom is 0.267 e. The topological polar surface area (TPSA) is 90.5 Å². The summed E-state index contributed by atoms with van der Waals surface area (Å²) in [6, 6.07) is 3.78. The van der Waals surface area contributed by atoms with Gasteiger partial charge in [-0.1, -0.05) is 0 Å². The molecule has 0 atom stereocenters. The molecule has 2 rings (SSSR count). The second-order valence-corrected chi connectivity index (χ2v) is 3.06. The quantitative estimate of drug-likeness (QED) is 0.559. The third-order valence-electron chi connectivity index (χ3n) is 2.14. The summed E-state index contributed by atoms with van der Waals surface area (Å²) in [4.78, 5) is 14.4. The van der Waals surface area contributed by atoms with Crippen molar-refractivity contribution in [3.63, 3.8) is 0 Å². The highest BCUT2D eigenvalue weighted by Crippen LogP contribution is 2.16. The number of rotatable bonds is 3. The summed E-state index contributed by atoms with van der Waals surface area (Å²) in [5, 5.41) is 5.39. The molecule has 0 spiro atoms. The van der Waals surface area contributed by atoms with E-state index < -0.39 is 0 Å². The molecule has 2 aromatic rings. The van der Waals surface area contributed by atoms with E-state index in [-0.39, 0.29) is 5.56 Å². The van der Waals surface area contributed by atoms with Crippen LogP contribution in [0.4, 0.5) is 0 Å². The number of H-pyrrole nitrogens is 3. The monoisotopic (exact) mass is 192 g/mol. The molecular weight excluding hydrogens is 180 g/mol. The first-order valence-electron chi connectivity index (χ1n) is 4.46. The Kier molecular flexibility index (Phi) is 2.24. The first kappa shape index (κ1) is 8.83. The lowest BCUT2D eigenvalue weighted by atomic mass is 10.1. The molecule has 5 nitrogen and oxygen atoms in total. The molecule has 0 unspecified atom stereocenters. The molecule has 0 saturated carbocycles. The van der Waals surface area contributed by atoms with Gasteiger partial charge in [0.1, 0.15) is 0 Å². The lowest BCUT2D eigenvalue weighted by molar-refractivity contribution is 0.959. The molecule has 0 amide bonds. The van der Waals surface area contributed by atoms with Gasteiger partial charge in [0.15, 0.2) is 0 Å². The maximum absolute atomic E-state index is 11.4. The molecule has 0 aliphatic heterocycles. The standard InChI is InChI=1S/C9H12N4O/c10-4-3-6-8(12-13-9(6)14)7-2-1-5-11-7/h1-2,5,11H,3-4,10H2,(H2,12,13,14). The van der Waals surface area contributed by atoms with Crippen LogP contribution in [0.15, 0.2) is 23.1 Å². The van der Waals surface area contributed by atoms with E-state index in [0.717, 1.165) is 11.4 Å². The molecule has 5 heteroatoms. The fourth-order valence-electron chi connectivity index (χ4n) is 1.48. The molecule has 0 aliphatic rings. The minimum atomic E-state index is -0.0972. The van der Waals surface area contributed by atoms with E-state index in [4.69, 9.17) is 5.73 Å². The summed E-state index contributed by atoms with van der Waals surface area (Å²) in [5.74, 6) is 0. The number of nitrogens with two attached hydrogens (primary N) is 1. The average Bonchev–Trinajstić information content (AvgIpc) is 2.77. The van der Waals surface area contributed by atoms with Crippen LogP contribution in [0.2, 0.25) is 0 Å². The smallest absolute Gasteiger partial charge is 0.267 e. The Morgan fingerprint density at radius 3 is 2.86 bits per heavy atom. The highest BCUT2D eigenvalue weighted by molar-refractivity contribution is 5.58. The molecule has 5 N–H and O–H groups in total. The van der Waals surface area contributed by atoms with Crippen LogP contribution in [0, 0.1) is 0 Å². The number of nitrogens with one attached hydrogen (secondary N) is 3. The van der Waals surface area contributed by atoms with Crippen molar-refractivity contribution in [3.05, 3.63) is 34.2 Å². The van der Waals surface area contributed by atoms with Crippen LogP contribution in [0.25, 0.3) is 11.4 Å². The second-order valence-electron chi connectivity index (χ2n) is 3.06. The summed E-state index contributed by atoms with van der Waals surface area (Å²) >= 11 is 0. The SMILES string of the molecule is NCCc1c(-c2ccc[nH]2)[nH][nH]c1=O. The van der Waals surface area contributed by atoms with Crippen molar-refractivity contribution in [1.29, 1.82) is 0 Å². The molecule has 0 saturated heterocycles. The van der Waals surface area contributed by atoms with Gasteiger partial charge in [-0.2, -0.15) is 0 Å². The second kappa shape index (κ2) is 3.55. The van der Waals surface area contributed by atoms with Crippen LogP contribution in [0.3, 0.4) is 0 Å². The lowest BCUT2D eigenvalue weighted by Crippen LogP contribution is -2.12. The average molecular weight is 192 g/mol. The number of aromatic amines is 3. The van der Waals surface area contributed by atoms with Gasteiger partial charge in [-0.25, -0.2) is 0 Å². The fourth-order valence-corrected chi connectivity index (χ4v) is 1.48. The van der Waals surface area contributed by atoms with Crippen molar-refractivity contribution >= 4 is 0 Å². The van der Waals surface area contributed by atoms with Gasteiger partial charge in [-0.15, -0.1) is 0 Å². The van der Waals surface area contributed by atoms with E-state index in [1.165, 1.54) is 0 Å². The Labute approximate surface area is 80.3 Å². The Morgan fingerprint density at radius 2 is 2.21 bits per heavy atom. The molecule has 2 aromatic heterocycles. The van der Waals surface area contributed by atoms with E-state index in [2.05, 4.69) is 15.2 Å². The molecule has 0 aliphatic carbocycles. The zero-order valence-electron chi connectivity index (χ0n) is 7.63. The normalized spacial score (nSPS) is 10.6. The summed E-state index contributed by atoms with van der Waals surface area (Å²) in [6.07, 6.45) is 2.39. The predicted molar refractivity (Wildman–Crippen MR) is 54.0 cm³/mol. The van der Waals surface area contributed by atoms with Crippen LogP contribution < -0.4 is 11.3 Å². The van der Waals surface area contributed by atoms with E-state index in [1.807, 2.05) is 18.3 Å². The predicted octanol–water partition coefficient (Wildman–Crippen LogP) is 0.199. The molecule has 14 heavy (non-hydrogen) atoms. The van der Waals surface area contributed by atoms with E-state index in [1.54, 1.807) is 0 Å². The van der Waals surface area contributed by atoms with Gasteiger partial charge < -0.3 is 10.7 Å². The third kappa shape index (κ3) is 1.38. The van der Waals surface area contributed by atoms with Gasteiger partial charge in [0.25, 0.3) is 5.56 Å². The summed E-state index contributed by atoms with van der Waals surface area (Å²) in [6.45, 7) is 0.467. The molecule has 0 aromatic carbocycles. The molecule has 0 fully saturated rings. The van der Waals surface area contributed by atoms with Crippen LogP contribution in [0.5, 0.6) is 0 Å². The Morgan fingerprint density at radius 1 is 1.36 bits per heavy atom. The Hall–Kier alpha value is -1.75.